The van der Waals surface area contributed by atoms with Gasteiger partial charge in [-0.25, -0.2) is 4.39 Å². The molecule has 2 aromatic carbocycles. The van der Waals surface area contributed by atoms with E-state index in [0.29, 0.717) is 10.7 Å². The molecule has 0 spiro atoms. The van der Waals surface area contributed by atoms with Crippen LogP contribution < -0.4 is 11.1 Å². The van der Waals surface area contributed by atoms with Gasteiger partial charge < -0.3 is 4.57 Å². The third-order valence-corrected chi connectivity index (χ3v) is 3.64. The zero-order valence-corrected chi connectivity index (χ0v) is 12.7. The smallest absolute Gasteiger partial charge is 0.305 e. The third kappa shape index (κ3) is 3.24. The Balaban J connectivity index is 1.99. The fourth-order valence-electron chi connectivity index (χ4n) is 2.27. The van der Waals surface area contributed by atoms with Crippen molar-refractivity contribution in [1.82, 2.24) is 9.13 Å². The molecule has 0 N–H and O–H groups in total. The first-order chi connectivity index (χ1) is 11.0. The van der Waals surface area contributed by atoms with E-state index in [4.69, 9.17) is 11.6 Å². The summed E-state index contributed by atoms with van der Waals surface area (Å²) >= 11 is 5.92. The summed E-state index contributed by atoms with van der Waals surface area (Å²) in [6.45, 7) is 0.249. The predicted octanol–water partition coefficient (Wildman–Crippen LogP) is 2.84. The summed E-state index contributed by atoms with van der Waals surface area (Å²) in [7, 11) is 0. The van der Waals surface area contributed by atoms with Crippen LogP contribution >= 0.6 is 11.6 Å². The lowest BCUT2D eigenvalue weighted by Gasteiger charge is -2.09. The van der Waals surface area contributed by atoms with Crippen LogP contribution in [0.4, 0.5) is 4.39 Å². The van der Waals surface area contributed by atoms with Gasteiger partial charge in [-0.15, -0.1) is 0 Å². The normalized spacial score (nSPS) is 10.7. The molecule has 0 unspecified atom stereocenters. The van der Waals surface area contributed by atoms with Gasteiger partial charge in [0.25, 0.3) is 0 Å². The van der Waals surface area contributed by atoms with Crippen molar-refractivity contribution in [2.24, 2.45) is 0 Å². The number of aromatic nitrogens is 2. The van der Waals surface area contributed by atoms with Crippen LogP contribution in [0.15, 0.2) is 70.5 Å². The average Bonchev–Trinajstić information content (AvgIpc) is 2.53. The molecule has 0 saturated heterocycles. The highest BCUT2D eigenvalue weighted by molar-refractivity contribution is 6.30. The standard InChI is InChI=1S/C17H12ClFN2O2/c18-13-3-1-2-12(10-13)11-20-8-9-21(17(23)16(20)22)15-6-4-14(19)5-7-15/h1-10H,11H2. The van der Waals surface area contributed by atoms with E-state index in [-0.39, 0.29) is 6.54 Å². The van der Waals surface area contributed by atoms with Crippen LogP contribution in [0.5, 0.6) is 0 Å². The topological polar surface area (TPSA) is 44.0 Å². The molecule has 0 aliphatic carbocycles. The van der Waals surface area contributed by atoms with Gasteiger partial charge in [0.15, 0.2) is 0 Å². The number of rotatable bonds is 3. The fourth-order valence-corrected chi connectivity index (χ4v) is 2.48. The van der Waals surface area contributed by atoms with Gasteiger partial charge in [-0.1, -0.05) is 23.7 Å². The largest absolute Gasteiger partial charge is 0.320 e. The van der Waals surface area contributed by atoms with Crippen molar-refractivity contribution in [2.75, 3.05) is 0 Å². The van der Waals surface area contributed by atoms with Crippen LogP contribution in [0.25, 0.3) is 5.69 Å². The van der Waals surface area contributed by atoms with Crippen molar-refractivity contribution in [2.45, 2.75) is 6.54 Å². The lowest BCUT2D eigenvalue weighted by Crippen LogP contribution is -2.40. The maximum Gasteiger partial charge on any atom is 0.320 e. The molecular weight excluding hydrogens is 319 g/mol. The first-order valence-corrected chi connectivity index (χ1v) is 7.25. The molecule has 116 valence electrons. The van der Waals surface area contributed by atoms with Crippen LogP contribution in [-0.4, -0.2) is 9.13 Å². The summed E-state index contributed by atoms with van der Waals surface area (Å²) in [5.74, 6) is -0.406. The van der Waals surface area contributed by atoms with Gasteiger partial charge in [0.2, 0.25) is 0 Å². The highest BCUT2D eigenvalue weighted by Gasteiger charge is 2.07. The van der Waals surface area contributed by atoms with Crippen LogP contribution in [0.3, 0.4) is 0 Å². The third-order valence-electron chi connectivity index (χ3n) is 3.41. The highest BCUT2D eigenvalue weighted by atomic mass is 35.5. The van der Waals surface area contributed by atoms with E-state index in [0.717, 1.165) is 5.56 Å². The lowest BCUT2D eigenvalue weighted by molar-refractivity contribution is 0.627. The zero-order chi connectivity index (χ0) is 16.4. The molecule has 1 heterocycles. The summed E-state index contributed by atoms with van der Waals surface area (Å²) in [4.78, 5) is 24.5. The second-order valence-electron chi connectivity index (χ2n) is 5.01. The SMILES string of the molecule is O=c1c(=O)n(-c2ccc(F)cc2)ccn1Cc1cccc(Cl)c1. The van der Waals surface area contributed by atoms with Gasteiger partial charge in [-0.2, -0.15) is 0 Å². The zero-order valence-electron chi connectivity index (χ0n) is 11.9. The minimum Gasteiger partial charge on any atom is -0.305 e. The van der Waals surface area contributed by atoms with Gasteiger partial charge in [-0.05, 0) is 42.0 Å². The first kappa shape index (κ1) is 15.2. The summed E-state index contributed by atoms with van der Waals surface area (Å²) in [6.07, 6.45) is 3.01. The van der Waals surface area contributed by atoms with Gasteiger partial charge in [-0.3, -0.25) is 14.2 Å². The molecular formula is C17H12ClFN2O2. The molecule has 0 radical (unpaired) electrons. The first-order valence-electron chi connectivity index (χ1n) is 6.87. The van der Waals surface area contributed by atoms with Crippen LogP contribution in [0, 0.1) is 5.82 Å². The maximum atomic E-state index is 13.0. The minimum absolute atomic E-state index is 0.249. The van der Waals surface area contributed by atoms with E-state index < -0.39 is 16.9 Å². The molecule has 0 aliphatic rings. The van der Waals surface area contributed by atoms with Crippen molar-refractivity contribution in [3.63, 3.8) is 0 Å². The highest BCUT2D eigenvalue weighted by Crippen LogP contribution is 2.11. The molecule has 0 saturated carbocycles. The van der Waals surface area contributed by atoms with E-state index in [1.54, 1.807) is 18.2 Å². The Hall–Kier alpha value is -2.66. The molecule has 0 atom stereocenters. The maximum absolute atomic E-state index is 13.0. The van der Waals surface area contributed by atoms with Gasteiger partial charge in [0.1, 0.15) is 5.82 Å². The molecule has 23 heavy (non-hydrogen) atoms. The van der Waals surface area contributed by atoms with E-state index >= 15 is 0 Å². The lowest BCUT2D eigenvalue weighted by atomic mass is 10.2. The predicted molar refractivity (Wildman–Crippen MR) is 86.8 cm³/mol. The molecule has 0 amide bonds. The summed E-state index contributed by atoms with van der Waals surface area (Å²) in [5.41, 5.74) is -0.0973. The second-order valence-corrected chi connectivity index (χ2v) is 5.45. The molecule has 3 aromatic rings. The summed E-state index contributed by atoms with van der Waals surface area (Å²) in [5, 5.41) is 0.565. The molecule has 0 bridgehead atoms. The van der Waals surface area contributed by atoms with Gasteiger partial charge in [0.05, 0.1) is 6.54 Å². The molecule has 0 fully saturated rings. The summed E-state index contributed by atoms with van der Waals surface area (Å²) in [6, 6.07) is 12.4. The van der Waals surface area contributed by atoms with Crippen LogP contribution in [-0.2, 0) is 6.54 Å². The van der Waals surface area contributed by atoms with E-state index in [2.05, 4.69) is 0 Å². The number of hydrogen-bond donors (Lipinski definition) is 0. The van der Waals surface area contributed by atoms with Crippen LogP contribution in [0.1, 0.15) is 5.56 Å². The van der Waals surface area contributed by atoms with Crippen molar-refractivity contribution >= 4 is 11.6 Å². The number of nitrogens with zero attached hydrogens (tertiary/aromatic N) is 2. The molecule has 0 aliphatic heterocycles. The van der Waals surface area contributed by atoms with E-state index in [1.807, 2.05) is 6.07 Å². The van der Waals surface area contributed by atoms with Crippen LogP contribution in [0.2, 0.25) is 5.02 Å². The molecule has 4 nitrogen and oxygen atoms in total. The molecule has 1 aromatic heterocycles. The Morgan fingerprint density at radius 3 is 2.39 bits per heavy atom. The van der Waals surface area contributed by atoms with E-state index in [1.165, 1.54) is 45.8 Å². The van der Waals surface area contributed by atoms with Crippen molar-refractivity contribution < 1.29 is 4.39 Å². The Bertz CT molecular complexity index is 961. The van der Waals surface area contributed by atoms with Crippen molar-refractivity contribution in [3.05, 3.63) is 98.0 Å². The van der Waals surface area contributed by atoms with E-state index in [9.17, 15) is 14.0 Å². The number of hydrogen-bond acceptors (Lipinski definition) is 2. The monoisotopic (exact) mass is 330 g/mol. The Morgan fingerprint density at radius 1 is 0.957 bits per heavy atom. The quantitative estimate of drug-likeness (QED) is 0.693. The van der Waals surface area contributed by atoms with Gasteiger partial charge >= 0.3 is 11.1 Å². The Kier molecular flexibility index (Phi) is 4.12. The summed E-state index contributed by atoms with van der Waals surface area (Å²) < 4.78 is 15.5. The Morgan fingerprint density at radius 2 is 1.70 bits per heavy atom. The van der Waals surface area contributed by atoms with Crippen molar-refractivity contribution in [1.29, 1.82) is 0 Å². The second kappa shape index (κ2) is 6.22. The number of halogens is 2. The Labute approximate surface area is 136 Å². The molecule has 3 rings (SSSR count). The number of benzene rings is 2. The fraction of sp³-hybridized carbons (Fsp3) is 0.0588. The van der Waals surface area contributed by atoms with Gasteiger partial charge in [0, 0.05) is 23.1 Å². The van der Waals surface area contributed by atoms with Crippen molar-refractivity contribution in [3.8, 4) is 5.69 Å². The average molecular weight is 331 g/mol. The molecule has 6 heteroatoms. The minimum atomic E-state index is -0.693.